The van der Waals surface area contributed by atoms with E-state index in [4.69, 9.17) is 16.3 Å². The molecule has 0 amide bonds. The smallest absolute Gasteiger partial charge is 0.123 e. The van der Waals surface area contributed by atoms with Gasteiger partial charge in [-0.1, -0.05) is 38.3 Å². The highest BCUT2D eigenvalue weighted by atomic mass is 35.5. The van der Waals surface area contributed by atoms with Crippen LogP contribution in [0.15, 0.2) is 18.2 Å². The monoisotopic (exact) mass is 238 g/mol. The minimum atomic E-state index is 0.0382. The zero-order valence-corrected chi connectivity index (χ0v) is 10.8. The van der Waals surface area contributed by atoms with E-state index < -0.39 is 0 Å². The Morgan fingerprint density at radius 2 is 1.94 bits per heavy atom. The molecule has 1 heterocycles. The van der Waals surface area contributed by atoms with Crippen LogP contribution in [0.1, 0.15) is 45.1 Å². The second kappa shape index (κ2) is 4.67. The maximum Gasteiger partial charge on any atom is 0.123 e. The summed E-state index contributed by atoms with van der Waals surface area (Å²) in [4.78, 5) is 0. The lowest BCUT2D eigenvalue weighted by Crippen LogP contribution is -2.33. The van der Waals surface area contributed by atoms with E-state index in [0.29, 0.717) is 0 Å². The van der Waals surface area contributed by atoms with Crippen molar-refractivity contribution >= 4 is 11.6 Å². The van der Waals surface area contributed by atoms with E-state index in [9.17, 15) is 0 Å². The van der Waals surface area contributed by atoms with Crippen LogP contribution in [0.3, 0.4) is 0 Å². The molecule has 88 valence electrons. The summed E-state index contributed by atoms with van der Waals surface area (Å²) in [6, 6.07) is 5.96. The van der Waals surface area contributed by atoms with Gasteiger partial charge in [-0.15, -0.1) is 0 Å². The molecule has 0 aromatic heterocycles. The highest BCUT2D eigenvalue weighted by molar-refractivity contribution is 6.30. The minimum absolute atomic E-state index is 0.0382. The standard InChI is InChI=1S/C14H19ClO/c1-3-7-14(8-4-2)10-11-9-12(15)5-6-13(11)16-14/h5-6,9H,3-4,7-8,10H2,1-2H3. The molecular formula is C14H19ClO. The summed E-state index contributed by atoms with van der Waals surface area (Å²) in [5.74, 6) is 1.03. The second-order valence-corrected chi connectivity index (χ2v) is 5.15. The second-order valence-electron chi connectivity index (χ2n) is 4.71. The SMILES string of the molecule is CCCC1(CCC)Cc2cc(Cl)ccc2O1. The van der Waals surface area contributed by atoms with Gasteiger partial charge in [-0.2, -0.15) is 0 Å². The Bertz CT molecular complexity index is 367. The summed E-state index contributed by atoms with van der Waals surface area (Å²) in [6.07, 6.45) is 5.62. The van der Waals surface area contributed by atoms with Crippen molar-refractivity contribution in [2.75, 3.05) is 0 Å². The summed E-state index contributed by atoms with van der Waals surface area (Å²) in [5.41, 5.74) is 1.31. The number of ether oxygens (including phenoxy) is 1. The maximum absolute atomic E-state index is 6.17. The third kappa shape index (κ3) is 2.20. The Morgan fingerprint density at radius 3 is 2.56 bits per heavy atom. The molecule has 0 saturated heterocycles. The fourth-order valence-electron chi connectivity index (χ4n) is 2.72. The van der Waals surface area contributed by atoms with E-state index in [1.807, 2.05) is 18.2 Å². The molecule has 16 heavy (non-hydrogen) atoms. The van der Waals surface area contributed by atoms with Crippen molar-refractivity contribution in [1.82, 2.24) is 0 Å². The van der Waals surface area contributed by atoms with Crippen LogP contribution in [0.25, 0.3) is 0 Å². The summed E-state index contributed by atoms with van der Waals surface area (Å²) in [7, 11) is 0. The summed E-state index contributed by atoms with van der Waals surface area (Å²) in [5, 5.41) is 0.811. The van der Waals surface area contributed by atoms with Gasteiger partial charge >= 0.3 is 0 Å². The largest absolute Gasteiger partial charge is 0.487 e. The molecule has 0 aliphatic carbocycles. The van der Waals surface area contributed by atoms with Gasteiger partial charge in [-0.25, -0.2) is 0 Å². The van der Waals surface area contributed by atoms with E-state index in [1.165, 1.54) is 18.4 Å². The van der Waals surface area contributed by atoms with Gasteiger partial charge < -0.3 is 4.74 Å². The summed E-state index contributed by atoms with van der Waals surface area (Å²) in [6.45, 7) is 4.44. The molecule has 0 N–H and O–H groups in total. The van der Waals surface area contributed by atoms with Crippen molar-refractivity contribution in [2.45, 2.75) is 51.6 Å². The van der Waals surface area contributed by atoms with Gasteiger partial charge in [0.2, 0.25) is 0 Å². The van der Waals surface area contributed by atoms with Gasteiger partial charge in [0.05, 0.1) is 0 Å². The number of benzene rings is 1. The average Bonchev–Trinajstić information content (AvgIpc) is 2.56. The van der Waals surface area contributed by atoms with Crippen molar-refractivity contribution in [3.8, 4) is 5.75 Å². The van der Waals surface area contributed by atoms with Gasteiger partial charge in [0.15, 0.2) is 0 Å². The van der Waals surface area contributed by atoms with E-state index in [0.717, 1.165) is 30.0 Å². The van der Waals surface area contributed by atoms with Crippen LogP contribution in [-0.4, -0.2) is 5.60 Å². The highest BCUT2D eigenvalue weighted by Gasteiger charge is 2.37. The third-order valence-electron chi connectivity index (χ3n) is 3.27. The lowest BCUT2D eigenvalue weighted by atomic mass is 9.88. The molecule has 1 aromatic carbocycles. The van der Waals surface area contributed by atoms with Crippen molar-refractivity contribution in [2.24, 2.45) is 0 Å². The van der Waals surface area contributed by atoms with Gasteiger partial charge in [0.25, 0.3) is 0 Å². The minimum Gasteiger partial charge on any atom is -0.487 e. The lowest BCUT2D eigenvalue weighted by Gasteiger charge is -2.28. The van der Waals surface area contributed by atoms with Crippen molar-refractivity contribution < 1.29 is 4.74 Å². The number of fused-ring (bicyclic) bond motifs is 1. The normalized spacial score (nSPS) is 16.9. The highest BCUT2D eigenvalue weighted by Crippen LogP contribution is 2.41. The Hall–Kier alpha value is -0.690. The predicted octanol–water partition coefficient (Wildman–Crippen LogP) is 4.61. The van der Waals surface area contributed by atoms with Crippen molar-refractivity contribution in [3.05, 3.63) is 28.8 Å². The molecule has 0 atom stereocenters. The quantitative estimate of drug-likeness (QED) is 0.744. The van der Waals surface area contributed by atoms with E-state index in [2.05, 4.69) is 13.8 Å². The molecule has 1 aliphatic rings. The van der Waals surface area contributed by atoms with Gasteiger partial charge in [0, 0.05) is 11.4 Å². The van der Waals surface area contributed by atoms with Crippen LogP contribution in [0.5, 0.6) is 5.75 Å². The Kier molecular flexibility index (Phi) is 3.44. The molecule has 0 saturated carbocycles. The van der Waals surface area contributed by atoms with Gasteiger partial charge in [0.1, 0.15) is 11.4 Å². The molecule has 0 bridgehead atoms. The molecular weight excluding hydrogens is 220 g/mol. The van der Waals surface area contributed by atoms with E-state index in [-0.39, 0.29) is 5.60 Å². The summed E-state index contributed by atoms with van der Waals surface area (Å²) >= 11 is 6.02. The average molecular weight is 239 g/mol. The molecule has 0 spiro atoms. The van der Waals surface area contributed by atoms with Crippen LogP contribution < -0.4 is 4.74 Å². The molecule has 2 rings (SSSR count). The Balaban J connectivity index is 2.23. The summed E-state index contributed by atoms with van der Waals surface area (Å²) < 4.78 is 6.17. The zero-order valence-electron chi connectivity index (χ0n) is 10.1. The number of hydrogen-bond acceptors (Lipinski definition) is 1. The molecule has 0 radical (unpaired) electrons. The van der Waals surface area contributed by atoms with Crippen LogP contribution in [-0.2, 0) is 6.42 Å². The third-order valence-corrected chi connectivity index (χ3v) is 3.51. The molecule has 1 aliphatic heterocycles. The molecule has 0 fully saturated rings. The van der Waals surface area contributed by atoms with Gasteiger partial charge in [-0.05, 0) is 36.6 Å². The fourth-order valence-corrected chi connectivity index (χ4v) is 2.91. The molecule has 1 nitrogen and oxygen atoms in total. The van der Waals surface area contributed by atoms with E-state index >= 15 is 0 Å². The first kappa shape index (κ1) is 11.8. The van der Waals surface area contributed by atoms with Crippen molar-refractivity contribution in [3.63, 3.8) is 0 Å². The first-order valence-electron chi connectivity index (χ1n) is 6.16. The molecule has 0 unspecified atom stereocenters. The van der Waals surface area contributed by atoms with Crippen molar-refractivity contribution in [1.29, 1.82) is 0 Å². The fraction of sp³-hybridized carbons (Fsp3) is 0.571. The zero-order chi connectivity index (χ0) is 11.6. The van der Waals surface area contributed by atoms with E-state index in [1.54, 1.807) is 0 Å². The van der Waals surface area contributed by atoms with Gasteiger partial charge in [-0.3, -0.25) is 0 Å². The van der Waals surface area contributed by atoms with Crippen LogP contribution in [0.2, 0.25) is 5.02 Å². The number of hydrogen-bond donors (Lipinski definition) is 0. The topological polar surface area (TPSA) is 9.23 Å². The lowest BCUT2D eigenvalue weighted by molar-refractivity contribution is 0.0730. The van der Waals surface area contributed by atoms with Crippen LogP contribution >= 0.6 is 11.6 Å². The first-order chi connectivity index (χ1) is 7.69. The Morgan fingerprint density at radius 1 is 1.25 bits per heavy atom. The van der Waals surface area contributed by atoms with Crippen LogP contribution in [0.4, 0.5) is 0 Å². The molecule has 2 heteroatoms. The van der Waals surface area contributed by atoms with Crippen LogP contribution in [0, 0.1) is 0 Å². The number of rotatable bonds is 4. The number of halogens is 1. The maximum atomic E-state index is 6.17. The predicted molar refractivity (Wildman–Crippen MR) is 68.3 cm³/mol. The molecule has 1 aromatic rings. The first-order valence-corrected chi connectivity index (χ1v) is 6.54. The Labute approximate surface area is 103 Å².